The van der Waals surface area contributed by atoms with Crippen LogP contribution in [0.1, 0.15) is 16.1 Å². The normalized spacial score (nSPS) is 10.1. The summed E-state index contributed by atoms with van der Waals surface area (Å²) in [5.41, 5.74) is 0.654. The predicted molar refractivity (Wildman–Crippen MR) is 69.7 cm³/mol. The Morgan fingerprint density at radius 1 is 1.35 bits per heavy atom. The van der Waals surface area contributed by atoms with Gasteiger partial charge in [0, 0.05) is 23.8 Å². The van der Waals surface area contributed by atoms with E-state index in [0.29, 0.717) is 11.6 Å². The van der Waals surface area contributed by atoms with E-state index in [0.717, 1.165) is 0 Å². The number of hydrogen-bond acceptors (Lipinski definition) is 6. The lowest BCUT2D eigenvalue weighted by Crippen LogP contribution is -2.06. The number of rotatable bonds is 5. The minimum Gasteiger partial charge on any atom is -0.481 e. The highest BCUT2D eigenvalue weighted by molar-refractivity contribution is 5.97. The number of nitrogens with zero attached hydrogens (tertiary/aromatic N) is 3. The van der Waals surface area contributed by atoms with Crippen molar-refractivity contribution in [1.29, 1.82) is 0 Å². The molecule has 0 amide bonds. The lowest BCUT2D eigenvalue weighted by molar-refractivity contribution is -0.384. The number of nitro groups is 1. The third kappa shape index (κ3) is 3.14. The first-order valence-corrected chi connectivity index (χ1v) is 5.72. The highest BCUT2D eigenvalue weighted by Gasteiger charge is 2.13. The largest absolute Gasteiger partial charge is 0.481 e. The first-order chi connectivity index (χ1) is 9.60. The Morgan fingerprint density at radius 2 is 2.15 bits per heavy atom. The van der Waals surface area contributed by atoms with Crippen LogP contribution in [-0.2, 0) is 6.42 Å². The Hall–Kier alpha value is -2.83. The summed E-state index contributed by atoms with van der Waals surface area (Å²) in [7, 11) is 1.47. The molecule has 0 saturated heterocycles. The highest BCUT2D eigenvalue weighted by Crippen LogP contribution is 2.15. The zero-order valence-electron chi connectivity index (χ0n) is 10.6. The van der Waals surface area contributed by atoms with Crippen LogP contribution in [0.15, 0.2) is 36.7 Å². The molecule has 0 N–H and O–H groups in total. The van der Waals surface area contributed by atoms with E-state index in [9.17, 15) is 14.9 Å². The van der Waals surface area contributed by atoms with Crippen LogP contribution in [0.5, 0.6) is 5.88 Å². The van der Waals surface area contributed by atoms with Gasteiger partial charge >= 0.3 is 0 Å². The molecule has 20 heavy (non-hydrogen) atoms. The molecule has 0 saturated carbocycles. The SMILES string of the molecule is COc1cc(CC(=O)c2cccc([N+](=O)[O-])c2)ncn1. The number of non-ortho nitro benzene ring substituents is 1. The molecule has 1 aromatic heterocycles. The van der Waals surface area contributed by atoms with E-state index < -0.39 is 4.92 Å². The van der Waals surface area contributed by atoms with Gasteiger partial charge in [-0.2, -0.15) is 0 Å². The summed E-state index contributed by atoms with van der Waals surface area (Å²) in [5.74, 6) is 0.108. The number of ether oxygens (including phenoxy) is 1. The van der Waals surface area contributed by atoms with Crippen molar-refractivity contribution >= 4 is 11.5 Å². The minimum atomic E-state index is -0.537. The maximum atomic E-state index is 12.1. The van der Waals surface area contributed by atoms with Gasteiger partial charge in [0.05, 0.1) is 24.1 Å². The molecule has 7 heteroatoms. The molecular formula is C13H11N3O4. The van der Waals surface area contributed by atoms with Crippen LogP contribution in [0.25, 0.3) is 0 Å². The number of carbonyl (C=O) groups is 1. The molecule has 0 aliphatic carbocycles. The van der Waals surface area contributed by atoms with Gasteiger partial charge < -0.3 is 4.74 Å². The van der Waals surface area contributed by atoms with Gasteiger partial charge in [-0.15, -0.1) is 0 Å². The van der Waals surface area contributed by atoms with Crippen LogP contribution < -0.4 is 4.74 Å². The number of methoxy groups -OCH3 is 1. The van der Waals surface area contributed by atoms with Gasteiger partial charge in [0.25, 0.3) is 5.69 Å². The standard InChI is InChI=1S/C13H11N3O4/c1-20-13-7-10(14-8-15-13)6-12(17)9-3-2-4-11(5-9)16(18)19/h2-5,7-8H,6H2,1H3. The summed E-state index contributed by atoms with van der Waals surface area (Å²) in [6, 6.07) is 7.15. The van der Waals surface area contributed by atoms with Crippen molar-refractivity contribution in [1.82, 2.24) is 9.97 Å². The van der Waals surface area contributed by atoms with Crippen molar-refractivity contribution in [3.63, 3.8) is 0 Å². The minimum absolute atomic E-state index is 0.0278. The van der Waals surface area contributed by atoms with Gasteiger partial charge in [-0.1, -0.05) is 12.1 Å². The van der Waals surface area contributed by atoms with E-state index in [1.807, 2.05) is 0 Å². The van der Waals surface area contributed by atoms with Crippen LogP contribution in [0.4, 0.5) is 5.69 Å². The van der Waals surface area contributed by atoms with Gasteiger partial charge in [0.1, 0.15) is 6.33 Å². The van der Waals surface area contributed by atoms with Crippen LogP contribution in [-0.4, -0.2) is 27.8 Å². The van der Waals surface area contributed by atoms with E-state index in [1.165, 1.54) is 37.7 Å². The summed E-state index contributed by atoms with van der Waals surface area (Å²) >= 11 is 0. The molecular weight excluding hydrogens is 262 g/mol. The summed E-state index contributed by atoms with van der Waals surface area (Å²) in [5, 5.41) is 10.7. The highest BCUT2D eigenvalue weighted by atomic mass is 16.6. The molecule has 7 nitrogen and oxygen atoms in total. The van der Waals surface area contributed by atoms with Crippen molar-refractivity contribution in [3.05, 3.63) is 58.0 Å². The summed E-state index contributed by atoms with van der Waals surface area (Å²) in [6.07, 6.45) is 1.33. The molecule has 0 bridgehead atoms. The van der Waals surface area contributed by atoms with Crippen molar-refractivity contribution in [3.8, 4) is 5.88 Å². The second kappa shape index (κ2) is 5.87. The molecule has 0 aliphatic heterocycles. The summed E-state index contributed by atoms with van der Waals surface area (Å²) in [6.45, 7) is 0. The van der Waals surface area contributed by atoms with Gasteiger partial charge in [-0.3, -0.25) is 14.9 Å². The summed E-state index contributed by atoms with van der Waals surface area (Å²) < 4.78 is 4.94. The molecule has 2 rings (SSSR count). The number of aromatic nitrogens is 2. The molecule has 0 atom stereocenters. The number of nitro benzene ring substituents is 1. The fourth-order valence-corrected chi connectivity index (χ4v) is 1.64. The molecule has 0 fully saturated rings. The van der Waals surface area contributed by atoms with Crippen molar-refractivity contribution in [2.75, 3.05) is 7.11 Å². The lowest BCUT2D eigenvalue weighted by Gasteiger charge is -2.03. The average molecular weight is 273 g/mol. The maximum absolute atomic E-state index is 12.1. The molecule has 1 aromatic carbocycles. The number of ketones is 1. The molecule has 0 spiro atoms. The van der Waals surface area contributed by atoms with Crippen LogP contribution in [0, 0.1) is 10.1 Å². The van der Waals surface area contributed by atoms with Crippen LogP contribution in [0.2, 0.25) is 0 Å². The lowest BCUT2D eigenvalue weighted by atomic mass is 10.1. The third-order valence-corrected chi connectivity index (χ3v) is 2.63. The quantitative estimate of drug-likeness (QED) is 0.468. The Bertz CT molecular complexity index is 658. The number of carbonyl (C=O) groups excluding carboxylic acids is 1. The van der Waals surface area contributed by atoms with E-state index in [-0.39, 0.29) is 23.5 Å². The smallest absolute Gasteiger partial charge is 0.270 e. The van der Waals surface area contributed by atoms with Crippen molar-refractivity contribution in [2.45, 2.75) is 6.42 Å². The van der Waals surface area contributed by atoms with E-state index in [4.69, 9.17) is 4.74 Å². The molecule has 0 unspecified atom stereocenters. The number of benzene rings is 1. The first-order valence-electron chi connectivity index (χ1n) is 5.72. The fourth-order valence-electron chi connectivity index (χ4n) is 1.64. The van der Waals surface area contributed by atoms with Gasteiger partial charge in [-0.05, 0) is 0 Å². The molecule has 1 heterocycles. The second-order valence-electron chi connectivity index (χ2n) is 3.96. The molecule has 0 radical (unpaired) electrons. The molecule has 102 valence electrons. The average Bonchev–Trinajstić information content (AvgIpc) is 2.47. The van der Waals surface area contributed by atoms with Gasteiger partial charge in [0.15, 0.2) is 5.78 Å². The summed E-state index contributed by atoms with van der Waals surface area (Å²) in [4.78, 5) is 30.0. The van der Waals surface area contributed by atoms with Crippen LogP contribution >= 0.6 is 0 Å². The van der Waals surface area contributed by atoms with E-state index in [1.54, 1.807) is 6.07 Å². The van der Waals surface area contributed by atoms with E-state index in [2.05, 4.69) is 9.97 Å². The van der Waals surface area contributed by atoms with Crippen molar-refractivity contribution in [2.24, 2.45) is 0 Å². The maximum Gasteiger partial charge on any atom is 0.270 e. The van der Waals surface area contributed by atoms with Crippen molar-refractivity contribution < 1.29 is 14.5 Å². The van der Waals surface area contributed by atoms with E-state index >= 15 is 0 Å². The second-order valence-corrected chi connectivity index (χ2v) is 3.96. The van der Waals surface area contributed by atoms with Gasteiger partial charge in [-0.25, -0.2) is 9.97 Å². The third-order valence-electron chi connectivity index (χ3n) is 2.63. The zero-order chi connectivity index (χ0) is 14.5. The topological polar surface area (TPSA) is 95.2 Å². The Kier molecular flexibility index (Phi) is 3.99. The Labute approximate surface area is 114 Å². The fraction of sp³-hybridized carbons (Fsp3) is 0.154. The Balaban J connectivity index is 2.19. The zero-order valence-corrected chi connectivity index (χ0v) is 10.6. The van der Waals surface area contributed by atoms with Crippen LogP contribution in [0.3, 0.4) is 0 Å². The predicted octanol–water partition coefficient (Wildman–Crippen LogP) is 1.82. The molecule has 2 aromatic rings. The number of hydrogen-bond donors (Lipinski definition) is 0. The Morgan fingerprint density at radius 3 is 2.85 bits per heavy atom. The number of Topliss-reactive ketones (excluding diaryl/α,β-unsaturated/α-hetero) is 1. The molecule has 0 aliphatic rings. The monoisotopic (exact) mass is 273 g/mol. The first kappa shape index (κ1) is 13.6. The van der Waals surface area contributed by atoms with Gasteiger partial charge in [0.2, 0.25) is 5.88 Å².